The maximum atomic E-state index is 13.2. The standard InChI is InChI=1S/C23H20FN5O/c24-19-8-6-17(7-9-19)22(30)18-10-12-28(13-11-18)21-14-20(16-4-2-1-3-5-16)27-23-25-15-26-29(21)23/h1-9,14-15,18H,10-13H2. The average Bonchev–Trinajstić information content (AvgIpc) is 3.28. The lowest BCUT2D eigenvalue weighted by Gasteiger charge is -2.33. The second-order valence-electron chi connectivity index (χ2n) is 7.47. The molecule has 6 nitrogen and oxygen atoms in total. The van der Waals surface area contributed by atoms with Crippen LogP contribution in [-0.4, -0.2) is 38.5 Å². The van der Waals surface area contributed by atoms with Crippen molar-refractivity contribution in [3.8, 4) is 11.3 Å². The second kappa shape index (κ2) is 7.67. The van der Waals surface area contributed by atoms with E-state index in [9.17, 15) is 9.18 Å². The number of fused-ring (bicyclic) bond motifs is 1. The van der Waals surface area contributed by atoms with Gasteiger partial charge in [-0.25, -0.2) is 9.37 Å². The molecule has 0 amide bonds. The highest BCUT2D eigenvalue weighted by atomic mass is 19.1. The lowest BCUT2D eigenvalue weighted by atomic mass is 9.89. The van der Waals surface area contributed by atoms with Gasteiger partial charge in [-0.2, -0.15) is 14.6 Å². The molecule has 5 rings (SSSR count). The monoisotopic (exact) mass is 401 g/mol. The Kier molecular flexibility index (Phi) is 4.71. The smallest absolute Gasteiger partial charge is 0.254 e. The number of hydrogen-bond acceptors (Lipinski definition) is 5. The van der Waals surface area contributed by atoms with Crippen molar-refractivity contribution in [3.05, 3.63) is 78.4 Å². The molecule has 0 saturated carbocycles. The Labute approximate surface area is 173 Å². The third-order valence-electron chi connectivity index (χ3n) is 5.62. The third-order valence-corrected chi connectivity index (χ3v) is 5.62. The van der Waals surface area contributed by atoms with Gasteiger partial charge in [0.25, 0.3) is 5.78 Å². The van der Waals surface area contributed by atoms with E-state index in [1.807, 2.05) is 36.4 Å². The van der Waals surface area contributed by atoms with E-state index in [0.29, 0.717) is 11.3 Å². The highest BCUT2D eigenvalue weighted by Gasteiger charge is 2.27. The first-order valence-corrected chi connectivity index (χ1v) is 10.00. The molecule has 0 N–H and O–H groups in total. The summed E-state index contributed by atoms with van der Waals surface area (Å²) < 4.78 is 14.9. The number of ketones is 1. The normalized spacial score (nSPS) is 14.9. The molecule has 1 aliphatic heterocycles. The maximum Gasteiger partial charge on any atom is 0.254 e. The van der Waals surface area contributed by atoms with Crippen molar-refractivity contribution in [2.45, 2.75) is 12.8 Å². The molecule has 0 aliphatic carbocycles. The Morgan fingerprint density at radius 1 is 1.00 bits per heavy atom. The van der Waals surface area contributed by atoms with E-state index in [-0.39, 0.29) is 17.5 Å². The van der Waals surface area contributed by atoms with Gasteiger partial charge in [0.05, 0.1) is 5.69 Å². The molecule has 150 valence electrons. The molecule has 3 heterocycles. The number of benzene rings is 2. The van der Waals surface area contributed by atoms with Gasteiger partial charge < -0.3 is 4.90 Å². The first kappa shape index (κ1) is 18.4. The Morgan fingerprint density at radius 2 is 1.73 bits per heavy atom. The molecule has 0 spiro atoms. The lowest BCUT2D eigenvalue weighted by Crippen LogP contribution is -2.37. The van der Waals surface area contributed by atoms with Crippen molar-refractivity contribution in [2.75, 3.05) is 18.0 Å². The molecule has 1 saturated heterocycles. The van der Waals surface area contributed by atoms with E-state index < -0.39 is 0 Å². The van der Waals surface area contributed by atoms with Gasteiger partial charge in [-0.15, -0.1) is 0 Å². The van der Waals surface area contributed by atoms with Crippen LogP contribution in [0.1, 0.15) is 23.2 Å². The summed E-state index contributed by atoms with van der Waals surface area (Å²) in [5, 5.41) is 4.34. The minimum atomic E-state index is -0.329. The number of anilines is 1. The Hall–Kier alpha value is -3.61. The number of carbonyl (C=O) groups is 1. The Morgan fingerprint density at radius 3 is 2.47 bits per heavy atom. The number of carbonyl (C=O) groups excluding carboxylic acids is 1. The van der Waals surface area contributed by atoms with Gasteiger partial charge in [0, 0.05) is 36.2 Å². The molecular formula is C23H20FN5O. The molecule has 1 aliphatic rings. The maximum absolute atomic E-state index is 13.2. The van der Waals surface area contributed by atoms with Gasteiger partial charge in [-0.1, -0.05) is 30.3 Å². The SMILES string of the molecule is O=C(c1ccc(F)cc1)C1CCN(c2cc(-c3ccccc3)nc3ncnn23)CC1. The van der Waals surface area contributed by atoms with E-state index in [4.69, 9.17) is 0 Å². The lowest BCUT2D eigenvalue weighted by molar-refractivity contribution is 0.0900. The fourth-order valence-electron chi connectivity index (χ4n) is 4.00. The van der Waals surface area contributed by atoms with Crippen molar-refractivity contribution in [1.29, 1.82) is 0 Å². The van der Waals surface area contributed by atoms with Gasteiger partial charge in [-0.3, -0.25) is 4.79 Å². The Balaban J connectivity index is 1.39. The van der Waals surface area contributed by atoms with Crippen molar-refractivity contribution < 1.29 is 9.18 Å². The molecule has 0 radical (unpaired) electrons. The zero-order valence-electron chi connectivity index (χ0n) is 16.3. The Bertz CT molecular complexity index is 1180. The summed E-state index contributed by atoms with van der Waals surface area (Å²) in [6, 6.07) is 17.8. The molecule has 0 bridgehead atoms. The number of rotatable bonds is 4. The summed E-state index contributed by atoms with van der Waals surface area (Å²) in [7, 11) is 0. The average molecular weight is 401 g/mol. The first-order chi connectivity index (χ1) is 14.7. The summed E-state index contributed by atoms with van der Waals surface area (Å²) >= 11 is 0. The summed E-state index contributed by atoms with van der Waals surface area (Å²) in [4.78, 5) is 23.9. The summed E-state index contributed by atoms with van der Waals surface area (Å²) in [5.74, 6) is 1.17. The zero-order valence-corrected chi connectivity index (χ0v) is 16.3. The van der Waals surface area contributed by atoms with Crippen LogP contribution in [0.25, 0.3) is 17.0 Å². The number of aromatic nitrogens is 4. The van der Waals surface area contributed by atoms with Gasteiger partial charge in [-0.05, 0) is 37.1 Å². The van der Waals surface area contributed by atoms with E-state index >= 15 is 0 Å². The van der Waals surface area contributed by atoms with Crippen molar-refractivity contribution in [3.63, 3.8) is 0 Å². The summed E-state index contributed by atoms with van der Waals surface area (Å²) in [5.41, 5.74) is 2.44. The van der Waals surface area contributed by atoms with Crippen molar-refractivity contribution in [2.24, 2.45) is 5.92 Å². The minimum Gasteiger partial charge on any atom is -0.356 e. The van der Waals surface area contributed by atoms with Crippen LogP contribution in [0.15, 0.2) is 67.0 Å². The van der Waals surface area contributed by atoms with Crippen LogP contribution >= 0.6 is 0 Å². The number of nitrogens with zero attached hydrogens (tertiary/aromatic N) is 5. The van der Waals surface area contributed by atoms with Crippen molar-refractivity contribution in [1.82, 2.24) is 19.6 Å². The highest BCUT2D eigenvalue weighted by molar-refractivity contribution is 5.98. The van der Waals surface area contributed by atoms with Crippen LogP contribution in [0.2, 0.25) is 0 Å². The number of Topliss-reactive ketones (excluding diaryl/α,β-unsaturated/α-hetero) is 1. The van der Waals surface area contributed by atoms with Gasteiger partial charge in [0.2, 0.25) is 0 Å². The minimum absolute atomic E-state index is 0.0617. The molecule has 4 aromatic rings. The van der Waals surface area contributed by atoms with Crippen LogP contribution in [-0.2, 0) is 0 Å². The number of hydrogen-bond donors (Lipinski definition) is 0. The third kappa shape index (κ3) is 3.43. The molecule has 2 aromatic heterocycles. The van der Waals surface area contributed by atoms with Gasteiger partial charge in [0.15, 0.2) is 5.78 Å². The van der Waals surface area contributed by atoms with E-state index in [1.165, 1.54) is 18.5 Å². The highest BCUT2D eigenvalue weighted by Crippen LogP contribution is 2.28. The van der Waals surface area contributed by atoms with E-state index in [2.05, 4.69) is 20.0 Å². The van der Waals surface area contributed by atoms with Gasteiger partial charge >= 0.3 is 0 Å². The second-order valence-corrected chi connectivity index (χ2v) is 7.47. The molecule has 30 heavy (non-hydrogen) atoms. The predicted octanol–water partition coefficient (Wildman–Crippen LogP) is 4.03. The molecule has 0 unspecified atom stereocenters. The molecule has 0 atom stereocenters. The van der Waals surface area contributed by atoms with Crippen molar-refractivity contribution >= 4 is 17.4 Å². The zero-order chi connectivity index (χ0) is 20.5. The quantitative estimate of drug-likeness (QED) is 0.483. The molecule has 1 fully saturated rings. The van der Waals surface area contributed by atoms with Crippen LogP contribution in [0.5, 0.6) is 0 Å². The van der Waals surface area contributed by atoms with Crippen LogP contribution in [0.3, 0.4) is 0 Å². The number of piperidine rings is 1. The summed E-state index contributed by atoms with van der Waals surface area (Å²) in [6.45, 7) is 1.45. The molecular weight excluding hydrogens is 381 g/mol. The summed E-state index contributed by atoms with van der Waals surface area (Å²) in [6.07, 6.45) is 2.97. The van der Waals surface area contributed by atoms with Crippen LogP contribution in [0, 0.1) is 11.7 Å². The first-order valence-electron chi connectivity index (χ1n) is 10.00. The molecule has 7 heteroatoms. The van der Waals surface area contributed by atoms with E-state index in [1.54, 1.807) is 16.6 Å². The van der Waals surface area contributed by atoms with Gasteiger partial charge in [0.1, 0.15) is 18.0 Å². The van der Waals surface area contributed by atoms with E-state index in [0.717, 1.165) is 43.0 Å². The fraction of sp³-hybridized carbons (Fsp3) is 0.217. The largest absolute Gasteiger partial charge is 0.356 e. The number of halogens is 1. The topological polar surface area (TPSA) is 63.4 Å². The molecule has 2 aromatic carbocycles. The predicted molar refractivity (Wildman–Crippen MR) is 112 cm³/mol. The van der Waals surface area contributed by atoms with Crippen LogP contribution in [0.4, 0.5) is 10.2 Å². The fourth-order valence-corrected chi connectivity index (χ4v) is 4.00. The van der Waals surface area contributed by atoms with Crippen LogP contribution < -0.4 is 4.90 Å².